The van der Waals surface area contributed by atoms with Gasteiger partial charge in [0.1, 0.15) is 11.5 Å². The van der Waals surface area contributed by atoms with E-state index in [1.54, 1.807) is 38.5 Å². The van der Waals surface area contributed by atoms with Crippen molar-refractivity contribution in [1.29, 1.82) is 0 Å². The molecule has 1 aliphatic carbocycles. The Morgan fingerprint density at radius 3 is 1.97 bits per heavy atom. The molecule has 2 atom stereocenters. The first-order chi connectivity index (χ1) is 17.0. The van der Waals surface area contributed by atoms with Gasteiger partial charge >= 0.3 is 7.82 Å². The molecule has 0 aromatic heterocycles. The SMILES string of the molecule is COC(CN(C)C1c2ccccc2CCC1OP(=O)(Oc1ccccc1)Oc1ccccc1)OC. The summed E-state index contributed by atoms with van der Waals surface area (Å²) in [6.07, 6.45) is 0.571. The number of hydrogen-bond donors (Lipinski definition) is 0. The van der Waals surface area contributed by atoms with Crippen LogP contribution in [0.15, 0.2) is 84.9 Å². The minimum absolute atomic E-state index is 0.208. The fourth-order valence-electron chi connectivity index (χ4n) is 4.38. The third-order valence-electron chi connectivity index (χ3n) is 6.05. The van der Waals surface area contributed by atoms with Gasteiger partial charge in [0, 0.05) is 20.8 Å². The lowest BCUT2D eigenvalue weighted by Crippen LogP contribution is -2.42. The molecular formula is C27H32NO6P. The van der Waals surface area contributed by atoms with Crippen LogP contribution in [-0.2, 0) is 25.0 Å². The topological polar surface area (TPSA) is 66.5 Å². The van der Waals surface area contributed by atoms with Crippen LogP contribution >= 0.6 is 7.82 Å². The second-order valence-corrected chi connectivity index (χ2v) is 9.89. The molecule has 0 N–H and O–H groups in total. The number of aryl methyl sites for hydroxylation is 1. The molecular weight excluding hydrogens is 465 g/mol. The molecule has 3 aromatic rings. The highest BCUT2D eigenvalue weighted by Gasteiger charge is 2.42. The van der Waals surface area contributed by atoms with E-state index in [-0.39, 0.29) is 6.04 Å². The van der Waals surface area contributed by atoms with Gasteiger partial charge in [-0.05, 0) is 55.3 Å². The van der Waals surface area contributed by atoms with Gasteiger partial charge in [-0.15, -0.1) is 0 Å². The predicted octanol–water partition coefficient (Wildman–Crippen LogP) is 5.88. The number of phosphoric ester groups is 1. The number of methoxy groups -OCH3 is 2. The van der Waals surface area contributed by atoms with Crippen molar-refractivity contribution in [3.63, 3.8) is 0 Å². The molecule has 0 saturated carbocycles. The summed E-state index contributed by atoms with van der Waals surface area (Å²) >= 11 is 0. The highest BCUT2D eigenvalue weighted by Crippen LogP contribution is 2.53. The molecule has 0 amide bonds. The highest BCUT2D eigenvalue weighted by molar-refractivity contribution is 7.49. The van der Waals surface area contributed by atoms with Gasteiger partial charge in [-0.1, -0.05) is 60.7 Å². The molecule has 4 rings (SSSR count). The number of benzene rings is 3. The normalized spacial score (nSPS) is 17.9. The highest BCUT2D eigenvalue weighted by atomic mass is 31.2. The number of phosphoric acid groups is 1. The number of hydrogen-bond acceptors (Lipinski definition) is 7. The molecule has 0 bridgehead atoms. The minimum Gasteiger partial charge on any atom is -0.395 e. The average Bonchev–Trinajstić information content (AvgIpc) is 2.88. The van der Waals surface area contributed by atoms with E-state index in [9.17, 15) is 4.57 Å². The number of nitrogens with zero attached hydrogens (tertiary/aromatic N) is 1. The molecule has 0 aliphatic heterocycles. The van der Waals surface area contributed by atoms with Crippen molar-refractivity contribution < 1.29 is 27.6 Å². The van der Waals surface area contributed by atoms with Gasteiger partial charge in [0.2, 0.25) is 0 Å². The van der Waals surface area contributed by atoms with Crippen molar-refractivity contribution in [3.8, 4) is 11.5 Å². The largest absolute Gasteiger partial charge is 0.587 e. The Bertz CT molecular complexity index is 1060. The maximum Gasteiger partial charge on any atom is 0.587 e. The van der Waals surface area contributed by atoms with E-state index in [2.05, 4.69) is 17.0 Å². The van der Waals surface area contributed by atoms with Crippen LogP contribution in [0.5, 0.6) is 11.5 Å². The maximum atomic E-state index is 14.1. The van der Waals surface area contributed by atoms with Crippen molar-refractivity contribution in [3.05, 3.63) is 96.1 Å². The molecule has 0 heterocycles. The van der Waals surface area contributed by atoms with Crippen LogP contribution < -0.4 is 9.05 Å². The molecule has 2 unspecified atom stereocenters. The van der Waals surface area contributed by atoms with Gasteiger partial charge in [0.05, 0.1) is 12.1 Å². The zero-order chi connectivity index (χ0) is 24.7. The van der Waals surface area contributed by atoms with Gasteiger partial charge in [0.25, 0.3) is 0 Å². The van der Waals surface area contributed by atoms with E-state index in [0.717, 1.165) is 12.0 Å². The van der Waals surface area contributed by atoms with Gasteiger partial charge in [-0.25, -0.2) is 4.57 Å². The Hall–Kier alpha value is -2.67. The molecule has 0 spiro atoms. The second-order valence-electron chi connectivity index (χ2n) is 8.42. The number of rotatable bonds is 11. The summed E-state index contributed by atoms with van der Waals surface area (Å²) in [5.41, 5.74) is 2.35. The first-order valence-corrected chi connectivity index (χ1v) is 13.1. The van der Waals surface area contributed by atoms with Crippen LogP contribution in [0.2, 0.25) is 0 Å². The first-order valence-electron chi connectivity index (χ1n) is 11.6. The van der Waals surface area contributed by atoms with Crippen LogP contribution in [-0.4, -0.2) is 45.1 Å². The number of fused-ring (bicyclic) bond motifs is 1. The summed E-state index contributed by atoms with van der Waals surface area (Å²) in [4.78, 5) is 2.11. The Morgan fingerprint density at radius 2 is 1.40 bits per heavy atom. The molecule has 0 saturated heterocycles. The molecule has 186 valence electrons. The summed E-state index contributed by atoms with van der Waals surface area (Å²) in [5.74, 6) is 0.818. The minimum atomic E-state index is -4.06. The summed E-state index contributed by atoms with van der Waals surface area (Å²) in [5, 5.41) is 0. The third-order valence-corrected chi connectivity index (χ3v) is 7.44. The lowest BCUT2D eigenvalue weighted by molar-refractivity contribution is -0.122. The molecule has 7 nitrogen and oxygen atoms in total. The van der Waals surface area contributed by atoms with Crippen LogP contribution in [0.3, 0.4) is 0 Å². The van der Waals surface area contributed by atoms with Crippen LogP contribution in [0, 0.1) is 0 Å². The average molecular weight is 498 g/mol. The number of likely N-dealkylation sites (N-methyl/N-ethyl adjacent to an activating group) is 1. The van der Waals surface area contributed by atoms with Crippen molar-refractivity contribution in [1.82, 2.24) is 4.90 Å². The van der Waals surface area contributed by atoms with Gasteiger partial charge in [-0.2, -0.15) is 0 Å². The summed E-state index contributed by atoms with van der Waals surface area (Å²) < 4.78 is 43.1. The summed E-state index contributed by atoms with van der Waals surface area (Å²) in [7, 11) is 1.15. The number of ether oxygens (including phenoxy) is 2. The van der Waals surface area contributed by atoms with E-state index in [0.29, 0.717) is 24.5 Å². The van der Waals surface area contributed by atoms with Crippen LogP contribution in [0.4, 0.5) is 0 Å². The number of para-hydroxylation sites is 2. The zero-order valence-electron chi connectivity index (χ0n) is 20.3. The molecule has 1 aliphatic rings. The quantitative estimate of drug-likeness (QED) is 0.242. The fraction of sp³-hybridized carbons (Fsp3) is 0.333. The monoisotopic (exact) mass is 497 g/mol. The smallest absolute Gasteiger partial charge is 0.395 e. The van der Waals surface area contributed by atoms with E-state index < -0.39 is 20.2 Å². The van der Waals surface area contributed by atoms with E-state index in [1.165, 1.54) is 5.56 Å². The van der Waals surface area contributed by atoms with Gasteiger partial charge < -0.3 is 18.5 Å². The van der Waals surface area contributed by atoms with Crippen molar-refractivity contribution in [2.24, 2.45) is 0 Å². The van der Waals surface area contributed by atoms with E-state index in [1.807, 2.05) is 55.6 Å². The Kier molecular flexibility index (Phi) is 8.60. The zero-order valence-corrected chi connectivity index (χ0v) is 21.2. The third kappa shape index (κ3) is 6.51. The van der Waals surface area contributed by atoms with Crippen molar-refractivity contribution in [2.75, 3.05) is 27.8 Å². The van der Waals surface area contributed by atoms with E-state index >= 15 is 0 Å². The molecule has 8 heteroatoms. The predicted molar refractivity (Wildman–Crippen MR) is 135 cm³/mol. The van der Waals surface area contributed by atoms with Gasteiger partial charge in [-0.3, -0.25) is 9.42 Å². The van der Waals surface area contributed by atoms with Crippen molar-refractivity contribution in [2.45, 2.75) is 31.3 Å². The summed E-state index contributed by atoms with van der Waals surface area (Å²) in [6.45, 7) is 0.495. The van der Waals surface area contributed by atoms with Crippen LogP contribution in [0.25, 0.3) is 0 Å². The Balaban J connectivity index is 1.65. The maximum absolute atomic E-state index is 14.1. The fourth-order valence-corrected chi connectivity index (χ4v) is 5.82. The lowest BCUT2D eigenvalue weighted by Gasteiger charge is -2.40. The van der Waals surface area contributed by atoms with Gasteiger partial charge in [0.15, 0.2) is 6.29 Å². The second kappa shape index (κ2) is 11.8. The van der Waals surface area contributed by atoms with Crippen molar-refractivity contribution >= 4 is 7.82 Å². The lowest BCUT2D eigenvalue weighted by atomic mass is 9.85. The molecule has 0 radical (unpaired) electrons. The Morgan fingerprint density at radius 1 is 0.857 bits per heavy atom. The molecule has 35 heavy (non-hydrogen) atoms. The van der Waals surface area contributed by atoms with Crippen LogP contribution in [0.1, 0.15) is 23.6 Å². The van der Waals surface area contributed by atoms with E-state index in [4.69, 9.17) is 23.0 Å². The standard InChI is InChI=1S/C27H32NO6P/c1-28(20-26(30-2)31-3)27-24-17-11-10-12-21(24)18-19-25(27)34-35(29,32-22-13-6-4-7-14-22)33-23-15-8-5-9-16-23/h4-17,25-27H,18-20H2,1-3H3. The Labute approximate surface area is 207 Å². The molecule has 3 aromatic carbocycles. The first kappa shape index (κ1) is 25.4. The summed E-state index contributed by atoms with van der Waals surface area (Å²) in [6, 6.07) is 25.9. The molecule has 0 fully saturated rings.